The first kappa shape index (κ1) is 26.0. The lowest BCUT2D eigenvalue weighted by Gasteiger charge is -2.34. The number of benzene rings is 3. The van der Waals surface area contributed by atoms with Gasteiger partial charge in [-0.05, 0) is 55.8 Å². The number of rotatable bonds is 5. The van der Waals surface area contributed by atoms with Crippen molar-refractivity contribution < 1.29 is 18.7 Å². The molecule has 2 heterocycles. The van der Waals surface area contributed by atoms with E-state index in [2.05, 4.69) is 5.32 Å². The Morgan fingerprint density at radius 3 is 2.26 bits per heavy atom. The zero-order valence-electron chi connectivity index (χ0n) is 22.3. The van der Waals surface area contributed by atoms with Gasteiger partial charge in [0.15, 0.2) is 0 Å². The molecule has 3 aromatic carbocycles. The van der Waals surface area contributed by atoms with Crippen LogP contribution in [0.25, 0.3) is 16.9 Å². The fourth-order valence-corrected chi connectivity index (χ4v) is 4.95. The number of amides is 3. The van der Waals surface area contributed by atoms with Crippen LogP contribution in [0, 0.1) is 19.7 Å². The summed E-state index contributed by atoms with van der Waals surface area (Å²) in [5.41, 5.74) is 4.76. The van der Waals surface area contributed by atoms with Crippen LogP contribution in [0.15, 0.2) is 78.9 Å². The number of nitrogens with one attached hydrogen (secondary N) is 1. The molecule has 1 aliphatic heterocycles. The van der Waals surface area contributed by atoms with Crippen LogP contribution < -0.4 is 10.1 Å². The fraction of sp³-hybridized carbons (Fsp3) is 0.226. The highest BCUT2D eigenvalue weighted by atomic mass is 19.1. The number of anilines is 1. The predicted molar refractivity (Wildman–Crippen MR) is 150 cm³/mol. The molecule has 0 spiro atoms. The first-order chi connectivity index (χ1) is 18.9. The summed E-state index contributed by atoms with van der Waals surface area (Å²) >= 11 is 0. The van der Waals surface area contributed by atoms with Gasteiger partial charge in [0.2, 0.25) is 0 Å². The molecule has 3 amide bonds. The number of nitrogens with zero attached hydrogens (tertiary/aromatic N) is 3. The summed E-state index contributed by atoms with van der Waals surface area (Å²) in [7, 11) is 1.59. The highest BCUT2D eigenvalue weighted by molar-refractivity contribution is 5.98. The van der Waals surface area contributed by atoms with Crippen molar-refractivity contribution in [2.45, 2.75) is 13.8 Å². The number of piperazine rings is 1. The van der Waals surface area contributed by atoms with Crippen LogP contribution in [0.2, 0.25) is 0 Å². The summed E-state index contributed by atoms with van der Waals surface area (Å²) in [5, 5.41) is 2.96. The summed E-state index contributed by atoms with van der Waals surface area (Å²) in [4.78, 5) is 30.0. The molecule has 0 aliphatic carbocycles. The lowest BCUT2D eigenvalue weighted by molar-refractivity contribution is 0.0671. The number of urea groups is 1. The third kappa shape index (κ3) is 5.23. The molecule has 0 radical (unpaired) electrons. The smallest absolute Gasteiger partial charge is 0.321 e. The third-order valence-corrected chi connectivity index (χ3v) is 7.18. The number of ether oxygens (including phenoxy) is 1. The third-order valence-electron chi connectivity index (χ3n) is 7.18. The average Bonchev–Trinajstić information content (AvgIpc) is 3.30. The Morgan fingerprint density at radius 1 is 0.846 bits per heavy atom. The second kappa shape index (κ2) is 11.0. The van der Waals surface area contributed by atoms with E-state index in [-0.39, 0.29) is 17.8 Å². The Balaban J connectivity index is 1.40. The van der Waals surface area contributed by atoms with Gasteiger partial charge in [-0.25, -0.2) is 9.18 Å². The number of aryl methyl sites for hydroxylation is 1. The first-order valence-corrected chi connectivity index (χ1v) is 12.9. The largest absolute Gasteiger partial charge is 0.497 e. The standard InChI is InChI=1S/C31H31FN4O3/c1-21-9-4-6-13-27(21)33-31(38)35-17-15-34(16-18-35)30(37)25-20-29(23-10-8-11-24(19-23)39-3)36(22(25)2)28-14-7-5-12-26(28)32/h4-14,19-20H,15-18H2,1-3H3,(H,33,38). The number of hydrogen-bond acceptors (Lipinski definition) is 3. The zero-order chi connectivity index (χ0) is 27.5. The molecule has 200 valence electrons. The molecule has 8 heteroatoms. The molecule has 1 fully saturated rings. The lowest BCUT2D eigenvalue weighted by Crippen LogP contribution is -2.51. The lowest BCUT2D eigenvalue weighted by atomic mass is 10.1. The molecule has 39 heavy (non-hydrogen) atoms. The van der Waals surface area contributed by atoms with E-state index in [0.717, 1.165) is 16.8 Å². The number of hydrogen-bond donors (Lipinski definition) is 1. The number of halogens is 1. The molecule has 0 bridgehead atoms. The fourth-order valence-electron chi connectivity index (χ4n) is 4.95. The maximum Gasteiger partial charge on any atom is 0.321 e. The Hall–Kier alpha value is -4.59. The van der Waals surface area contributed by atoms with Gasteiger partial charge in [0, 0.05) is 43.1 Å². The second-order valence-corrected chi connectivity index (χ2v) is 9.57. The minimum Gasteiger partial charge on any atom is -0.497 e. The molecule has 5 rings (SSSR count). The number of methoxy groups -OCH3 is 1. The van der Waals surface area contributed by atoms with Crippen molar-refractivity contribution >= 4 is 17.6 Å². The van der Waals surface area contributed by atoms with E-state index in [1.54, 1.807) is 39.7 Å². The van der Waals surface area contributed by atoms with Crippen molar-refractivity contribution in [2.24, 2.45) is 0 Å². The molecule has 1 aromatic heterocycles. The molecule has 7 nitrogen and oxygen atoms in total. The van der Waals surface area contributed by atoms with Gasteiger partial charge in [0.25, 0.3) is 5.91 Å². The highest BCUT2D eigenvalue weighted by Crippen LogP contribution is 2.33. The molecular weight excluding hydrogens is 495 g/mol. The Kier molecular flexibility index (Phi) is 7.36. The Morgan fingerprint density at radius 2 is 1.54 bits per heavy atom. The minimum absolute atomic E-state index is 0.148. The van der Waals surface area contributed by atoms with Crippen LogP contribution in [0.3, 0.4) is 0 Å². The van der Waals surface area contributed by atoms with Crippen LogP contribution >= 0.6 is 0 Å². The van der Waals surface area contributed by atoms with Crippen LogP contribution in [0.1, 0.15) is 21.6 Å². The van der Waals surface area contributed by atoms with E-state index < -0.39 is 0 Å². The van der Waals surface area contributed by atoms with Gasteiger partial charge < -0.3 is 24.4 Å². The van der Waals surface area contributed by atoms with Crippen molar-refractivity contribution in [2.75, 3.05) is 38.6 Å². The Labute approximate surface area is 227 Å². The second-order valence-electron chi connectivity index (χ2n) is 9.57. The maximum absolute atomic E-state index is 15.0. The number of para-hydroxylation sites is 2. The summed E-state index contributed by atoms with van der Waals surface area (Å²) in [6, 6.07) is 23.3. The number of aromatic nitrogens is 1. The quantitative estimate of drug-likeness (QED) is 0.352. The minimum atomic E-state index is -0.382. The molecule has 4 aromatic rings. The van der Waals surface area contributed by atoms with Crippen LogP contribution in [-0.2, 0) is 0 Å². The van der Waals surface area contributed by atoms with Gasteiger partial charge in [-0.15, -0.1) is 0 Å². The van der Waals surface area contributed by atoms with Gasteiger partial charge in [-0.3, -0.25) is 4.79 Å². The van der Waals surface area contributed by atoms with Gasteiger partial charge >= 0.3 is 6.03 Å². The summed E-state index contributed by atoms with van der Waals surface area (Å²) in [5.74, 6) is 0.137. The van der Waals surface area contributed by atoms with Crippen molar-refractivity contribution in [1.29, 1.82) is 0 Å². The van der Waals surface area contributed by atoms with Gasteiger partial charge in [0.05, 0.1) is 24.1 Å². The monoisotopic (exact) mass is 526 g/mol. The van der Waals surface area contributed by atoms with E-state index in [0.29, 0.717) is 54.6 Å². The normalized spacial score (nSPS) is 13.3. The summed E-state index contributed by atoms with van der Waals surface area (Å²) < 4.78 is 22.2. The number of carbonyl (C=O) groups excluding carboxylic acids is 2. The van der Waals surface area contributed by atoms with E-state index in [9.17, 15) is 14.0 Å². The van der Waals surface area contributed by atoms with Crippen molar-refractivity contribution in [3.63, 3.8) is 0 Å². The van der Waals surface area contributed by atoms with Crippen LogP contribution in [-0.4, -0.2) is 59.6 Å². The predicted octanol–water partition coefficient (Wildman–Crippen LogP) is 5.90. The maximum atomic E-state index is 15.0. The van der Waals surface area contributed by atoms with E-state index >= 15 is 0 Å². The molecule has 1 N–H and O–H groups in total. The van der Waals surface area contributed by atoms with Gasteiger partial charge in [-0.2, -0.15) is 0 Å². The van der Waals surface area contributed by atoms with E-state index in [1.165, 1.54) is 6.07 Å². The summed E-state index contributed by atoms with van der Waals surface area (Å²) in [6.45, 7) is 5.41. The molecule has 0 atom stereocenters. The average molecular weight is 527 g/mol. The summed E-state index contributed by atoms with van der Waals surface area (Å²) in [6.07, 6.45) is 0. The highest BCUT2D eigenvalue weighted by Gasteiger charge is 2.29. The molecule has 0 unspecified atom stereocenters. The van der Waals surface area contributed by atoms with Crippen LogP contribution in [0.4, 0.5) is 14.9 Å². The van der Waals surface area contributed by atoms with Crippen molar-refractivity contribution in [1.82, 2.24) is 14.4 Å². The molecule has 0 saturated carbocycles. The SMILES string of the molecule is COc1cccc(-c2cc(C(=O)N3CCN(C(=O)Nc4ccccc4C)CC3)c(C)n2-c2ccccc2F)c1. The molecule has 1 aliphatic rings. The van der Waals surface area contributed by atoms with Crippen molar-refractivity contribution in [3.05, 3.63) is 102 Å². The number of carbonyl (C=O) groups is 2. The Bertz CT molecular complexity index is 1520. The molecular formula is C31H31FN4O3. The van der Waals surface area contributed by atoms with Crippen LogP contribution in [0.5, 0.6) is 5.75 Å². The van der Waals surface area contributed by atoms with E-state index in [4.69, 9.17) is 4.74 Å². The van der Waals surface area contributed by atoms with Gasteiger partial charge in [-0.1, -0.05) is 42.5 Å². The van der Waals surface area contributed by atoms with Crippen molar-refractivity contribution in [3.8, 4) is 22.7 Å². The zero-order valence-corrected chi connectivity index (χ0v) is 22.3. The van der Waals surface area contributed by atoms with Gasteiger partial charge in [0.1, 0.15) is 11.6 Å². The first-order valence-electron chi connectivity index (χ1n) is 12.9. The van der Waals surface area contributed by atoms with E-state index in [1.807, 2.05) is 68.4 Å². The topological polar surface area (TPSA) is 66.8 Å². The molecule has 1 saturated heterocycles.